The molecule has 0 aliphatic heterocycles. The lowest BCUT2D eigenvalue weighted by molar-refractivity contribution is 0.0989. The van der Waals surface area contributed by atoms with Crippen molar-refractivity contribution in [2.75, 3.05) is 0 Å². The highest BCUT2D eigenvalue weighted by atomic mass is 79.9. The molecule has 1 aromatic heterocycles. The van der Waals surface area contributed by atoms with E-state index < -0.39 is 0 Å². The molecule has 0 bridgehead atoms. The van der Waals surface area contributed by atoms with E-state index in [9.17, 15) is 4.79 Å². The van der Waals surface area contributed by atoms with Gasteiger partial charge < -0.3 is 4.42 Å². The maximum absolute atomic E-state index is 11.4. The largest absolute Gasteiger partial charge is 0.453 e. The molecule has 3 rings (SSSR count). The predicted octanol–water partition coefficient (Wildman–Crippen LogP) is 4.28. The third-order valence-electron chi connectivity index (χ3n) is 3.42. The van der Waals surface area contributed by atoms with Crippen molar-refractivity contribution in [3.63, 3.8) is 0 Å². The number of carbonyl (C=O) groups is 1. The second-order valence-electron chi connectivity index (χ2n) is 4.61. The summed E-state index contributed by atoms with van der Waals surface area (Å²) in [5.41, 5.74) is 3.55. The van der Waals surface area contributed by atoms with E-state index in [0.29, 0.717) is 5.76 Å². The second kappa shape index (κ2) is 3.98. The van der Waals surface area contributed by atoms with Crippen molar-refractivity contribution in [2.24, 2.45) is 0 Å². The van der Waals surface area contributed by atoms with E-state index in [-0.39, 0.29) is 5.78 Å². The minimum Gasteiger partial charge on any atom is -0.453 e. The van der Waals surface area contributed by atoms with Gasteiger partial charge in [0.05, 0.1) is 0 Å². The standard InChI is InChI=1S/C14H13BrO2/c1-8(16)13-7-9-6-12(15)10-4-2-3-5-11(10)14(9)17-13/h6-7H,2-5H2,1H3. The lowest BCUT2D eigenvalue weighted by Crippen LogP contribution is -2.03. The molecule has 3 heteroatoms. The summed E-state index contributed by atoms with van der Waals surface area (Å²) in [6.45, 7) is 1.54. The third-order valence-corrected chi connectivity index (χ3v) is 4.13. The zero-order chi connectivity index (χ0) is 12.0. The van der Waals surface area contributed by atoms with E-state index in [1.54, 1.807) is 6.92 Å². The summed E-state index contributed by atoms with van der Waals surface area (Å²) < 4.78 is 6.86. The molecule has 0 amide bonds. The highest BCUT2D eigenvalue weighted by Gasteiger charge is 2.19. The Hall–Kier alpha value is -1.09. The van der Waals surface area contributed by atoms with Crippen LogP contribution in [0.5, 0.6) is 0 Å². The highest BCUT2D eigenvalue weighted by Crippen LogP contribution is 2.36. The van der Waals surface area contributed by atoms with Crippen LogP contribution in [-0.2, 0) is 12.8 Å². The number of ketones is 1. The fourth-order valence-corrected chi connectivity index (χ4v) is 3.25. The van der Waals surface area contributed by atoms with Crippen molar-refractivity contribution in [1.29, 1.82) is 0 Å². The first-order valence-corrected chi connectivity index (χ1v) is 6.71. The fourth-order valence-electron chi connectivity index (χ4n) is 2.56. The lowest BCUT2D eigenvalue weighted by atomic mass is 9.90. The van der Waals surface area contributed by atoms with Crippen LogP contribution < -0.4 is 0 Å². The number of benzene rings is 1. The molecule has 17 heavy (non-hydrogen) atoms. The van der Waals surface area contributed by atoms with Gasteiger partial charge in [0.1, 0.15) is 5.58 Å². The van der Waals surface area contributed by atoms with Gasteiger partial charge in [-0.15, -0.1) is 0 Å². The fraction of sp³-hybridized carbons (Fsp3) is 0.357. The summed E-state index contributed by atoms with van der Waals surface area (Å²) in [5, 5.41) is 1.03. The van der Waals surface area contributed by atoms with Crippen LogP contribution in [0.15, 0.2) is 21.0 Å². The number of fused-ring (bicyclic) bond motifs is 3. The molecule has 0 saturated carbocycles. The molecule has 0 unspecified atom stereocenters. The Bertz CT molecular complexity index is 610. The first kappa shape index (κ1) is 11.0. The summed E-state index contributed by atoms with van der Waals surface area (Å²) >= 11 is 3.62. The number of carbonyl (C=O) groups excluding carboxylic acids is 1. The molecule has 0 spiro atoms. The molecule has 0 saturated heterocycles. The van der Waals surface area contributed by atoms with Gasteiger partial charge in [-0.1, -0.05) is 15.9 Å². The van der Waals surface area contributed by atoms with Crippen LogP contribution >= 0.6 is 15.9 Å². The number of hydrogen-bond acceptors (Lipinski definition) is 2. The molecule has 2 aromatic rings. The summed E-state index contributed by atoms with van der Waals surface area (Å²) in [7, 11) is 0. The van der Waals surface area contributed by atoms with E-state index in [1.807, 2.05) is 6.07 Å². The zero-order valence-corrected chi connectivity index (χ0v) is 11.3. The minimum atomic E-state index is -0.0121. The quantitative estimate of drug-likeness (QED) is 0.735. The first-order valence-electron chi connectivity index (χ1n) is 5.91. The van der Waals surface area contributed by atoms with Gasteiger partial charge in [-0.3, -0.25) is 4.79 Å². The number of furan rings is 1. The summed E-state index contributed by atoms with van der Waals surface area (Å²) in [5.74, 6) is 0.452. The SMILES string of the molecule is CC(=O)c1cc2cc(Br)c3c(c2o1)CCCC3. The summed E-state index contributed by atoms with van der Waals surface area (Å²) in [4.78, 5) is 11.4. The van der Waals surface area contributed by atoms with Gasteiger partial charge in [0.15, 0.2) is 11.5 Å². The molecule has 88 valence electrons. The Morgan fingerprint density at radius 3 is 2.65 bits per heavy atom. The van der Waals surface area contributed by atoms with Crippen LogP contribution in [0, 0.1) is 0 Å². The van der Waals surface area contributed by atoms with Gasteiger partial charge >= 0.3 is 0 Å². The lowest BCUT2D eigenvalue weighted by Gasteiger charge is -2.17. The van der Waals surface area contributed by atoms with E-state index in [4.69, 9.17) is 4.42 Å². The molecular formula is C14H13BrO2. The Morgan fingerprint density at radius 2 is 1.94 bits per heavy atom. The average molecular weight is 293 g/mol. The molecule has 2 nitrogen and oxygen atoms in total. The monoisotopic (exact) mass is 292 g/mol. The number of aryl methyl sites for hydroxylation is 1. The Labute approximate surface area is 108 Å². The van der Waals surface area contributed by atoms with Crippen LogP contribution in [0.3, 0.4) is 0 Å². The van der Waals surface area contributed by atoms with E-state index in [0.717, 1.165) is 28.3 Å². The normalized spacial score (nSPS) is 14.9. The molecule has 0 N–H and O–H groups in total. The summed E-state index contributed by atoms with van der Waals surface area (Å²) in [6, 6.07) is 3.91. The molecule has 1 aliphatic rings. The number of rotatable bonds is 1. The van der Waals surface area contributed by atoms with Gasteiger partial charge in [0.25, 0.3) is 0 Å². The average Bonchev–Trinajstić information content (AvgIpc) is 2.73. The van der Waals surface area contributed by atoms with Crippen LogP contribution in [0.1, 0.15) is 41.4 Å². The van der Waals surface area contributed by atoms with Crippen LogP contribution in [-0.4, -0.2) is 5.78 Å². The Kier molecular flexibility index (Phi) is 2.58. The maximum atomic E-state index is 11.4. The van der Waals surface area contributed by atoms with Crippen molar-refractivity contribution in [3.05, 3.63) is 33.5 Å². The van der Waals surface area contributed by atoms with Gasteiger partial charge in [-0.25, -0.2) is 0 Å². The number of hydrogen-bond donors (Lipinski definition) is 0. The van der Waals surface area contributed by atoms with Gasteiger partial charge in [0, 0.05) is 16.8 Å². The molecule has 1 heterocycles. The van der Waals surface area contributed by atoms with Crippen LogP contribution in [0.2, 0.25) is 0 Å². The Morgan fingerprint density at radius 1 is 1.24 bits per heavy atom. The molecule has 0 atom stereocenters. The van der Waals surface area contributed by atoms with E-state index in [2.05, 4.69) is 22.0 Å². The van der Waals surface area contributed by atoms with Crippen LogP contribution in [0.4, 0.5) is 0 Å². The van der Waals surface area contributed by atoms with Gasteiger partial charge in [-0.05, 0) is 48.9 Å². The van der Waals surface area contributed by atoms with E-state index >= 15 is 0 Å². The molecule has 0 radical (unpaired) electrons. The highest BCUT2D eigenvalue weighted by molar-refractivity contribution is 9.10. The minimum absolute atomic E-state index is 0.0121. The number of halogens is 1. The third kappa shape index (κ3) is 1.73. The van der Waals surface area contributed by atoms with Crippen molar-refractivity contribution in [2.45, 2.75) is 32.6 Å². The molecule has 0 fully saturated rings. The van der Waals surface area contributed by atoms with Crippen molar-refractivity contribution in [3.8, 4) is 0 Å². The smallest absolute Gasteiger partial charge is 0.194 e. The summed E-state index contributed by atoms with van der Waals surface area (Å²) in [6.07, 6.45) is 4.59. The molecule has 1 aliphatic carbocycles. The first-order chi connectivity index (χ1) is 8.16. The van der Waals surface area contributed by atoms with Crippen molar-refractivity contribution < 1.29 is 9.21 Å². The van der Waals surface area contributed by atoms with Gasteiger partial charge in [0.2, 0.25) is 0 Å². The van der Waals surface area contributed by atoms with Crippen molar-refractivity contribution >= 4 is 32.7 Å². The Balaban J connectivity index is 2.31. The zero-order valence-electron chi connectivity index (χ0n) is 9.68. The molecular weight excluding hydrogens is 280 g/mol. The molecule has 1 aromatic carbocycles. The topological polar surface area (TPSA) is 30.2 Å². The number of Topliss-reactive ketones (excluding diaryl/α,β-unsaturated/α-hetero) is 1. The van der Waals surface area contributed by atoms with Crippen LogP contribution in [0.25, 0.3) is 11.0 Å². The van der Waals surface area contributed by atoms with Crippen molar-refractivity contribution in [1.82, 2.24) is 0 Å². The maximum Gasteiger partial charge on any atom is 0.194 e. The predicted molar refractivity (Wildman–Crippen MR) is 70.6 cm³/mol. The van der Waals surface area contributed by atoms with E-state index in [1.165, 1.54) is 24.0 Å². The van der Waals surface area contributed by atoms with Gasteiger partial charge in [-0.2, -0.15) is 0 Å². The second-order valence-corrected chi connectivity index (χ2v) is 5.46.